The number of hydrogen-bond acceptors (Lipinski definition) is 12. The second-order valence-corrected chi connectivity index (χ2v) is 21.6. The van der Waals surface area contributed by atoms with E-state index in [0.29, 0.717) is 24.0 Å². The van der Waals surface area contributed by atoms with Gasteiger partial charge in [0.1, 0.15) is 46.8 Å². The number of ether oxygens (including phenoxy) is 4. The fraction of sp³-hybridized carbons (Fsp3) is 0.615. The molecule has 0 radical (unpaired) electrons. The Morgan fingerprint density at radius 2 is 1.24 bits per heavy atom. The maximum Gasteiger partial charge on any atom is 0.410 e. The normalized spacial score (nSPS) is 16.5. The van der Waals surface area contributed by atoms with Crippen LogP contribution in [0.15, 0.2) is 54.6 Å². The number of hydrogen-bond donors (Lipinski definition) is 5. The molecule has 3 rings (SSSR count). The van der Waals surface area contributed by atoms with Crippen molar-refractivity contribution in [3.05, 3.63) is 71.5 Å². The van der Waals surface area contributed by atoms with E-state index in [1.165, 1.54) is 36.2 Å². The largest absolute Gasteiger partial charge is 0.467 e. The Bertz CT molecular complexity index is 2170. The molecule has 1 saturated heterocycles. The molecule has 5 atom stereocenters. The van der Waals surface area contributed by atoms with Gasteiger partial charge < -0.3 is 50.4 Å². The van der Waals surface area contributed by atoms with Gasteiger partial charge in [-0.15, -0.1) is 0 Å². The molecule has 400 valence electrons. The summed E-state index contributed by atoms with van der Waals surface area (Å²) in [6.45, 7) is 18.8. The lowest BCUT2D eigenvalue weighted by Crippen LogP contribution is -2.60. The van der Waals surface area contributed by atoms with E-state index in [4.69, 9.17) is 18.9 Å². The van der Waals surface area contributed by atoms with Crippen LogP contribution < -0.4 is 26.6 Å². The van der Waals surface area contributed by atoms with E-state index in [1.54, 1.807) is 92.6 Å². The van der Waals surface area contributed by atoms with Crippen molar-refractivity contribution in [3.8, 4) is 0 Å². The van der Waals surface area contributed by atoms with E-state index in [9.17, 15) is 42.7 Å². The van der Waals surface area contributed by atoms with Crippen LogP contribution in [0.2, 0.25) is 0 Å². The molecular formula is C52H78FN7O12. The number of carbonyl (C=O) groups is 8. The van der Waals surface area contributed by atoms with Gasteiger partial charge in [-0.3, -0.25) is 24.1 Å². The van der Waals surface area contributed by atoms with Crippen molar-refractivity contribution >= 4 is 47.9 Å². The highest BCUT2D eigenvalue weighted by atomic mass is 19.1. The van der Waals surface area contributed by atoms with Crippen LogP contribution in [-0.4, -0.2) is 138 Å². The number of unbranched alkanes of at least 4 members (excludes halogenated alkanes) is 1. The van der Waals surface area contributed by atoms with Gasteiger partial charge in [-0.1, -0.05) is 56.3 Å². The van der Waals surface area contributed by atoms with Crippen molar-refractivity contribution in [2.24, 2.45) is 5.92 Å². The van der Waals surface area contributed by atoms with Crippen molar-refractivity contribution < 1.29 is 61.7 Å². The van der Waals surface area contributed by atoms with Gasteiger partial charge in [-0.2, -0.15) is 0 Å². The molecule has 0 aromatic heterocycles. The first-order chi connectivity index (χ1) is 33.4. The lowest BCUT2D eigenvalue weighted by Gasteiger charge is -2.32. The highest BCUT2D eigenvalue weighted by Gasteiger charge is 2.50. The number of halogens is 1. The fourth-order valence-corrected chi connectivity index (χ4v) is 7.75. The van der Waals surface area contributed by atoms with Gasteiger partial charge in [0.15, 0.2) is 5.54 Å². The number of amides is 7. The van der Waals surface area contributed by atoms with Gasteiger partial charge >= 0.3 is 24.2 Å². The van der Waals surface area contributed by atoms with E-state index in [2.05, 4.69) is 26.6 Å². The second kappa shape index (κ2) is 26.3. The fourth-order valence-electron chi connectivity index (χ4n) is 7.75. The summed E-state index contributed by atoms with van der Waals surface area (Å²) in [6, 6.07) is 9.31. The first kappa shape index (κ1) is 59.8. The number of nitrogens with one attached hydrogen (secondary N) is 5. The zero-order chi connectivity index (χ0) is 54.2. The van der Waals surface area contributed by atoms with Crippen molar-refractivity contribution in [1.29, 1.82) is 0 Å². The molecule has 72 heavy (non-hydrogen) atoms. The molecule has 2 aromatic rings. The molecule has 7 amide bonds. The predicted molar refractivity (Wildman–Crippen MR) is 267 cm³/mol. The number of methoxy groups -OCH3 is 1. The Kier molecular flexibility index (Phi) is 21.8. The maximum atomic E-state index is 14.6. The van der Waals surface area contributed by atoms with E-state index >= 15 is 0 Å². The van der Waals surface area contributed by atoms with Crippen LogP contribution in [0.25, 0.3) is 0 Å². The number of likely N-dealkylation sites (tertiary alicyclic amines) is 1. The molecule has 0 bridgehead atoms. The first-order valence-electron chi connectivity index (χ1n) is 24.4. The van der Waals surface area contributed by atoms with Crippen LogP contribution in [0, 0.1) is 11.7 Å². The van der Waals surface area contributed by atoms with Crippen LogP contribution >= 0.6 is 0 Å². The van der Waals surface area contributed by atoms with Crippen LogP contribution in [-0.2, 0) is 55.8 Å². The third kappa shape index (κ3) is 20.3. The van der Waals surface area contributed by atoms with E-state index in [-0.39, 0.29) is 57.7 Å². The summed E-state index contributed by atoms with van der Waals surface area (Å²) in [7, 11) is 2.55. The highest BCUT2D eigenvalue weighted by Crippen LogP contribution is 2.26. The van der Waals surface area contributed by atoms with Crippen LogP contribution in [0.1, 0.15) is 119 Å². The standard InChI is InChI=1S/C52H78FN7O12/c1-33(2)29-38(56-42(62)39(30-34-19-15-14-16-20-34)57-43(63)40(31-35-22-24-36(53)25-23-35)59(12)48(68)72-51(9,10)11)41(61)55-37(21-17-18-27-54-46(66)70-49(3,4)5)44(64)60-28-26-52(32-60,45(65)69-13)58-47(67)71-50(6,7)8/h14-16,19-20,22-25,33,37-40H,17-18,21,26-32H2,1-13H3,(H,54,66)(H,55,61)(H,56,62)(H,57,63)(H,58,67)/t37-,38-,39-,40-,52?/m1/s1. The van der Waals surface area contributed by atoms with E-state index < -0.39 is 100 Å². The van der Waals surface area contributed by atoms with Crippen molar-refractivity contribution in [2.75, 3.05) is 33.8 Å². The first-order valence-corrected chi connectivity index (χ1v) is 24.4. The molecule has 1 aliphatic heterocycles. The zero-order valence-corrected chi connectivity index (χ0v) is 44.3. The van der Waals surface area contributed by atoms with Crippen LogP contribution in [0.4, 0.5) is 18.8 Å². The monoisotopic (exact) mass is 1010 g/mol. The Balaban J connectivity index is 1.97. The average Bonchev–Trinajstić information content (AvgIpc) is 3.69. The Morgan fingerprint density at radius 1 is 0.694 bits per heavy atom. The highest BCUT2D eigenvalue weighted by molar-refractivity contribution is 5.96. The van der Waals surface area contributed by atoms with Gasteiger partial charge in [0.05, 0.1) is 13.7 Å². The lowest BCUT2D eigenvalue weighted by molar-refractivity contribution is -0.148. The number of alkyl carbamates (subject to hydrolysis) is 2. The molecule has 1 fully saturated rings. The number of nitrogens with zero attached hydrogens (tertiary/aromatic N) is 2. The third-order valence-corrected chi connectivity index (χ3v) is 11.1. The Hall–Kier alpha value is -6.47. The van der Waals surface area contributed by atoms with Gasteiger partial charge in [-0.25, -0.2) is 23.6 Å². The molecule has 1 unspecified atom stereocenters. The van der Waals surface area contributed by atoms with Gasteiger partial charge in [0.25, 0.3) is 0 Å². The molecule has 19 nitrogen and oxygen atoms in total. The maximum absolute atomic E-state index is 14.6. The van der Waals surface area contributed by atoms with E-state index in [1.807, 2.05) is 13.8 Å². The van der Waals surface area contributed by atoms with Crippen molar-refractivity contribution in [1.82, 2.24) is 36.4 Å². The number of carbonyl (C=O) groups excluding carboxylic acids is 8. The smallest absolute Gasteiger partial charge is 0.410 e. The summed E-state index contributed by atoms with van der Waals surface area (Å²) >= 11 is 0. The molecule has 2 aromatic carbocycles. The average molecular weight is 1010 g/mol. The lowest BCUT2D eigenvalue weighted by atomic mass is 9.99. The summed E-state index contributed by atoms with van der Waals surface area (Å²) in [5, 5.41) is 13.8. The van der Waals surface area contributed by atoms with Crippen molar-refractivity contribution in [2.45, 2.75) is 168 Å². The molecule has 1 heterocycles. The van der Waals surface area contributed by atoms with Gasteiger partial charge in [-0.05, 0) is 117 Å². The number of likely N-dealkylation sites (N-methyl/N-ethyl adjacent to an activating group) is 1. The minimum atomic E-state index is -1.66. The SMILES string of the molecule is COC(=O)C1(NC(=O)OC(C)(C)C)CCN(C(=O)[C@@H](CCCCNC(=O)OC(C)(C)C)NC(=O)[C@@H](CC(C)C)NC(=O)[C@@H](Cc2ccccc2)NC(=O)[C@@H](Cc2ccc(F)cc2)N(C)C(=O)OC(C)(C)C)C1. The molecule has 0 aliphatic carbocycles. The van der Waals surface area contributed by atoms with Gasteiger partial charge in [0.2, 0.25) is 23.6 Å². The number of esters is 1. The molecule has 0 spiro atoms. The third-order valence-electron chi connectivity index (χ3n) is 11.1. The summed E-state index contributed by atoms with van der Waals surface area (Å²) in [5.74, 6) is -4.21. The Labute approximate surface area is 423 Å². The summed E-state index contributed by atoms with van der Waals surface area (Å²) < 4.78 is 35.3. The summed E-state index contributed by atoms with van der Waals surface area (Å²) in [6.07, 6.45) is -1.57. The molecule has 20 heteroatoms. The van der Waals surface area contributed by atoms with Gasteiger partial charge in [0, 0.05) is 39.4 Å². The minimum absolute atomic E-state index is 0.00536. The number of benzene rings is 2. The molecular weight excluding hydrogens is 934 g/mol. The predicted octanol–water partition coefficient (Wildman–Crippen LogP) is 5.71. The van der Waals surface area contributed by atoms with Crippen LogP contribution in [0.3, 0.4) is 0 Å². The topological polar surface area (TPSA) is 240 Å². The molecule has 5 N–H and O–H groups in total. The molecule has 1 aliphatic rings. The summed E-state index contributed by atoms with van der Waals surface area (Å²) in [5.41, 5.74) is -3.00. The zero-order valence-electron chi connectivity index (χ0n) is 44.3. The summed E-state index contributed by atoms with van der Waals surface area (Å²) in [4.78, 5) is 113. The van der Waals surface area contributed by atoms with Crippen LogP contribution in [0.5, 0.6) is 0 Å². The quantitative estimate of drug-likeness (QED) is 0.0574. The Morgan fingerprint density at radius 3 is 1.81 bits per heavy atom. The second-order valence-electron chi connectivity index (χ2n) is 21.6. The minimum Gasteiger partial charge on any atom is -0.467 e. The van der Waals surface area contributed by atoms with E-state index in [0.717, 1.165) is 12.0 Å². The van der Waals surface area contributed by atoms with Crippen molar-refractivity contribution in [3.63, 3.8) is 0 Å². The molecule has 0 saturated carbocycles. The number of rotatable bonds is 21.